The Morgan fingerprint density at radius 1 is 1.18 bits per heavy atom. The summed E-state index contributed by atoms with van der Waals surface area (Å²) in [7, 11) is 1.55. The number of phenolic OH excluding ortho intramolecular Hbond substituents is 2. The molecule has 0 saturated heterocycles. The summed E-state index contributed by atoms with van der Waals surface area (Å²) < 4.78 is 10.8. The highest BCUT2D eigenvalue weighted by atomic mass is 16.5. The van der Waals surface area contributed by atoms with Gasteiger partial charge in [-0.15, -0.1) is 0 Å². The van der Waals surface area contributed by atoms with Crippen LogP contribution in [0.1, 0.15) is 17.0 Å². The van der Waals surface area contributed by atoms with Crippen molar-refractivity contribution in [2.45, 2.75) is 5.92 Å². The van der Waals surface area contributed by atoms with Crippen molar-refractivity contribution in [3.05, 3.63) is 53.8 Å². The van der Waals surface area contributed by atoms with Gasteiger partial charge in [-0.3, -0.25) is 0 Å². The van der Waals surface area contributed by atoms with E-state index in [4.69, 9.17) is 9.47 Å². The second-order valence-electron chi connectivity index (χ2n) is 4.86. The van der Waals surface area contributed by atoms with Gasteiger partial charge in [0.15, 0.2) is 11.5 Å². The summed E-state index contributed by atoms with van der Waals surface area (Å²) in [6.45, 7) is 0. The molecule has 1 aliphatic heterocycles. The molecule has 0 bridgehead atoms. The molecule has 2 aromatic rings. The number of aromatic hydroxyl groups is 2. The first-order valence-corrected chi connectivity index (χ1v) is 6.67. The smallest absolute Gasteiger partial charge is 0.201 e. The molecule has 0 aliphatic carbocycles. The maximum absolute atomic E-state index is 11.6. The van der Waals surface area contributed by atoms with Gasteiger partial charge in [0.25, 0.3) is 0 Å². The summed E-state index contributed by atoms with van der Waals surface area (Å²) in [4.78, 5) is 11.6. The summed E-state index contributed by atoms with van der Waals surface area (Å²) in [5.41, 5.74) is 1.86. The molecular formula is C17H14O5. The molecule has 1 heterocycles. The fourth-order valence-electron chi connectivity index (χ4n) is 2.57. The zero-order chi connectivity index (χ0) is 15.7. The van der Waals surface area contributed by atoms with Crippen LogP contribution in [0.3, 0.4) is 0 Å². The van der Waals surface area contributed by atoms with E-state index in [1.807, 2.05) is 18.2 Å². The SMILES string of the molecule is COc1ccccc1C1=COc2c(ccc(O)c2O)C1C=O. The van der Waals surface area contributed by atoms with Crippen LogP contribution in [0, 0.1) is 0 Å². The van der Waals surface area contributed by atoms with Crippen molar-refractivity contribution in [1.29, 1.82) is 0 Å². The first kappa shape index (κ1) is 14.0. The van der Waals surface area contributed by atoms with E-state index in [1.54, 1.807) is 19.2 Å². The predicted molar refractivity (Wildman–Crippen MR) is 80.2 cm³/mol. The molecule has 5 heteroatoms. The monoisotopic (exact) mass is 298 g/mol. The fourth-order valence-corrected chi connectivity index (χ4v) is 2.57. The predicted octanol–water partition coefficient (Wildman–Crippen LogP) is 2.82. The Labute approximate surface area is 127 Å². The van der Waals surface area contributed by atoms with Crippen molar-refractivity contribution in [3.63, 3.8) is 0 Å². The zero-order valence-corrected chi connectivity index (χ0v) is 11.8. The molecule has 0 aromatic heterocycles. The number of allylic oxidation sites excluding steroid dienone is 1. The molecule has 0 amide bonds. The van der Waals surface area contributed by atoms with Crippen molar-refractivity contribution >= 4 is 11.9 Å². The quantitative estimate of drug-likeness (QED) is 0.673. The standard InChI is InChI=1S/C17H14O5/c1-21-15-5-3-2-4-10(15)13-9-22-17-11(12(13)8-18)6-7-14(19)16(17)20/h2-9,12,19-20H,1H3. The largest absolute Gasteiger partial charge is 0.504 e. The number of methoxy groups -OCH3 is 1. The van der Waals surface area contributed by atoms with Crippen molar-refractivity contribution in [1.82, 2.24) is 0 Å². The van der Waals surface area contributed by atoms with Crippen LogP contribution in [0.2, 0.25) is 0 Å². The molecule has 0 radical (unpaired) electrons. The number of carbonyl (C=O) groups is 1. The minimum absolute atomic E-state index is 0.0933. The van der Waals surface area contributed by atoms with Gasteiger partial charge in [-0.25, -0.2) is 0 Å². The van der Waals surface area contributed by atoms with Gasteiger partial charge in [-0.05, 0) is 12.1 Å². The van der Waals surface area contributed by atoms with E-state index in [1.165, 1.54) is 12.3 Å². The number of aldehydes is 1. The number of hydrogen-bond acceptors (Lipinski definition) is 5. The second-order valence-corrected chi connectivity index (χ2v) is 4.86. The van der Waals surface area contributed by atoms with E-state index in [0.29, 0.717) is 16.9 Å². The van der Waals surface area contributed by atoms with Crippen molar-refractivity contribution in [2.75, 3.05) is 7.11 Å². The fraction of sp³-hybridized carbons (Fsp3) is 0.118. The average molecular weight is 298 g/mol. The number of fused-ring (bicyclic) bond motifs is 1. The van der Waals surface area contributed by atoms with E-state index in [0.717, 1.165) is 11.8 Å². The third-order valence-corrected chi connectivity index (χ3v) is 3.67. The maximum Gasteiger partial charge on any atom is 0.201 e. The highest BCUT2D eigenvalue weighted by molar-refractivity contribution is 5.90. The highest BCUT2D eigenvalue weighted by Gasteiger charge is 2.30. The van der Waals surface area contributed by atoms with E-state index >= 15 is 0 Å². The topological polar surface area (TPSA) is 76.0 Å². The minimum atomic E-state index is -0.619. The number of benzene rings is 2. The van der Waals surface area contributed by atoms with Gasteiger partial charge in [0, 0.05) is 16.7 Å². The number of rotatable bonds is 3. The van der Waals surface area contributed by atoms with E-state index in [9.17, 15) is 15.0 Å². The van der Waals surface area contributed by atoms with Gasteiger partial charge in [0.1, 0.15) is 12.0 Å². The van der Waals surface area contributed by atoms with Gasteiger partial charge in [-0.2, -0.15) is 0 Å². The number of hydrogen-bond donors (Lipinski definition) is 2. The highest BCUT2D eigenvalue weighted by Crippen LogP contribution is 2.48. The third kappa shape index (κ3) is 2.07. The second kappa shape index (κ2) is 5.44. The number of ether oxygens (including phenoxy) is 2. The lowest BCUT2D eigenvalue weighted by Crippen LogP contribution is -2.12. The minimum Gasteiger partial charge on any atom is -0.504 e. The molecule has 3 rings (SSSR count). The van der Waals surface area contributed by atoms with Gasteiger partial charge >= 0.3 is 0 Å². The lowest BCUT2D eigenvalue weighted by molar-refractivity contribution is -0.108. The average Bonchev–Trinajstić information content (AvgIpc) is 2.57. The Bertz CT molecular complexity index is 764. The number of phenols is 2. The Hall–Kier alpha value is -2.95. The van der Waals surface area contributed by atoms with Gasteiger partial charge in [0.05, 0.1) is 19.3 Å². The number of para-hydroxylation sites is 1. The lowest BCUT2D eigenvalue weighted by Gasteiger charge is -2.24. The molecule has 0 spiro atoms. The molecule has 2 aromatic carbocycles. The first-order valence-electron chi connectivity index (χ1n) is 6.67. The van der Waals surface area contributed by atoms with Gasteiger partial charge in [-0.1, -0.05) is 24.3 Å². The number of carbonyl (C=O) groups excluding carboxylic acids is 1. The molecule has 5 nitrogen and oxygen atoms in total. The van der Waals surface area contributed by atoms with Crippen LogP contribution < -0.4 is 9.47 Å². The van der Waals surface area contributed by atoms with Crippen LogP contribution in [0.4, 0.5) is 0 Å². The molecule has 112 valence electrons. The molecule has 0 fully saturated rings. The Kier molecular flexibility index (Phi) is 3.47. The summed E-state index contributed by atoms with van der Waals surface area (Å²) in [6, 6.07) is 10.2. The maximum atomic E-state index is 11.6. The van der Waals surface area contributed by atoms with Crippen LogP contribution in [-0.2, 0) is 4.79 Å². The van der Waals surface area contributed by atoms with Crippen molar-refractivity contribution < 1.29 is 24.5 Å². The van der Waals surface area contributed by atoms with Crippen molar-refractivity contribution in [2.24, 2.45) is 0 Å². The van der Waals surface area contributed by atoms with Crippen LogP contribution in [0.25, 0.3) is 5.57 Å². The Morgan fingerprint density at radius 3 is 2.68 bits per heavy atom. The molecule has 22 heavy (non-hydrogen) atoms. The molecule has 2 N–H and O–H groups in total. The molecule has 0 saturated carbocycles. The third-order valence-electron chi connectivity index (χ3n) is 3.67. The Balaban J connectivity index is 2.14. The summed E-state index contributed by atoms with van der Waals surface area (Å²) in [6.07, 6.45) is 2.18. The van der Waals surface area contributed by atoms with Gasteiger partial charge < -0.3 is 24.5 Å². The molecule has 1 aliphatic rings. The summed E-state index contributed by atoms with van der Waals surface area (Å²) >= 11 is 0. The lowest BCUT2D eigenvalue weighted by atomic mass is 9.86. The first-order chi connectivity index (χ1) is 10.7. The normalized spacial score (nSPS) is 16.2. The summed E-state index contributed by atoms with van der Waals surface area (Å²) in [5, 5.41) is 19.4. The van der Waals surface area contributed by atoms with E-state index in [2.05, 4.69) is 0 Å². The van der Waals surface area contributed by atoms with Crippen LogP contribution in [0.5, 0.6) is 23.0 Å². The van der Waals surface area contributed by atoms with Gasteiger partial charge in [0.2, 0.25) is 5.75 Å². The Morgan fingerprint density at radius 2 is 1.95 bits per heavy atom. The molecular weight excluding hydrogens is 284 g/mol. The van der Waals surface area contributed by atoms with Crippen molar-refractivity contribution in [3.8, 4) is 23.0 Å². The van der Waals surface area contributed by atoms with Crippen LogP contribution >= 0.6 is 0 Å². The van der Waals surface area contributed by atoms with E-state index < -0.39 is 5.92 Å². The van der Waals surface area contributed by atoms with Crippen LogP contribution in [-0.4, -0.2) is 23.6 Å². The van der Waals surface area contributed by atoms with Crippen LogP contribution in [0.15, 0.2) is 42.7 Å². The molecule has 1 atom stereocenters. The molecule has 1 unspecified atom stereocenters. The zero-order valence-electron chi connectivity index (χ0n) is 11.8. The van der Waals surface area contributed by atoms with E-state index in [-0.39, 0.29) is 17.2 Å². The summed E-state index contributed by atoms with van der Waals surface area (Å²) in [5.74, 6) is -0.574.